The molecule has 0 unspecified atom stereocenters. The van der Waals surface area contributed by atoms with Gasteiger partial charge in [0, 0.05) is 0 Å². The lowest BCUT2D eigenvalue weighted by Crippen LogP contribution is -2.53. The van der Waals surface area contributed by atoms with Crippen LogP contribution in [0.5, 0.6) is 0 Å². The quantitative estimate of drug-likeness (QED) is 0.885. The number of carbonyl (C=O) groups excluding carboxylic acids is 2. The van der Waals surface area contributed by atoms with Gasteiger partial charge in [0.15, 0.2) is 0 Å². The standard InChI is InChI=1S/C18H19FN2O3/c1-12-15(7-10-24-12)17(23)20-11-16(22)21-18(8-2-9-18)13-3-5-14(19)6-4-13/h3-7,10H,2,8-9,11H2,1H3,(H,20,23)(H,21,22). The Kier molecular flexibility index (Phi) is 4.38. The third kappa shape index (κ3) is 3.18. The molecule has 5 nitrogen and oxygen atoms in total. The molecule has 1 aliphatic rings. The van der Waals surface area contributed by atoms with Crippen molar-refractivity contribution in [1.82, 2.24) is 10.6 Å². The van der Waals surface area contributed by atoms with Crippen molar-refractivity contribution in [3.05, 3.63) is 59.3 Å². The van der Waals surface area contributed by atoms with Crippen LogP contribution in [0, 0.1) is 12.7 Å². The fraction of sp³-hybridized carbons (Fsp3) is 0.333. The zero-order valence-corrected chi connectivity index (χ0v) is 13.4. The maximum absolute atomic E-state index is 13.1. The second-order valence-corrected chi connectivity index (χ2v) is 6.06. The highest BCUT2D eigenvalue weighted by molar-refractivity contribution is 5.97. The van der Waals surface area contributed by atoms with Gasteiger partial charge in [-0.3, -0.25) is 9.59 Å². The Balaban J connectivity index is 1.60. The van der Waals surface area contributed by atoms with E-state index in [-0.39, 0.29) is 24.2 Å². The van der Waals surface area contributed by atoms with E-state index < -0.39 is 5.54 Å². The van der Waals surface area contributed by atoms with Crippen molar-refractivity contribution in [1.29, 1.82) is 0 Å². The monoisotopic (exact) mass is 330 g/mol. The smallest absolute Gasteiger partial charge is 0.255 e. The van der Waals surface area contributed by atoms with Crippen LogP contribution in [0.3, 0.4) is 0 Å². The predicted molar refractivity (Wildman–Crippen MR) is 85.8 cm³/mol. The van der Waals surface area contributed by atoms with Crippen LogP contribution in [-0.2, 0) is 10.3 Å². The molecular weight excluding hydrogens is 311 g/mol. The van der Waals surface area contributed by atoms with Gasteiger partial charge in [0.05, 0.1) is 23.9 Å². The Hall–Kier alpha value is -2.63. The molecule has 3 rings (SSSR count). The molecule has 6 heteroatoms. The van der Waals surface area contributed by atoms with E-state index in [9.17, 15) is 14.0 Å². The maximum Gasteiger partial charge on any atom is 0.255 e. The Morgan fingerprint density at radius 2 is 1.92 bits per heavy atom. The van der Waals surface area contributed by atoms with Gasteiger partial charge in [-0.05, 0) is 49.9 Å². The number of rotatable bonds is 5. The normalized spacial score (nSPS) is 15.4. The van der Waals surface area contributed by atoms with Crippen LogP contribution in [0.1, 0.15) is 40.9 Å². The molecular formula is C18H19FN2O3. The summed E-state index contributed by atoms with van der Waals surface area (Å²) in [7, 11) is 0. The van der Waals surface area contributed by atoms with Gasteiger partial charge < -0.3 is 15.1 Å². The van der Waals surface area contributed by atoms with E-state index in [0.717, 1.165) is 24.8 Å². The summed E-state index contributed by atoms with van der Waals surface area (Å²) in [5.41, 5.74) is 0.848. The maximum atomic E-state index is 13.1. The van der Waals surface area contributed by atoms with Gasteiger partial charge >= 0.3 is 0 Å². The van der Waals surface area contributed by atoms with Crippen LogP contribution in [0.25, 0.3) is 0 Å². The number of amides is 2. The number of carbonyl (C=O) groups is 2. The van der Waals surface area contributed by atoms with Crippen molar-refractivity contribution in [2.24, 2.45) is 0 Å². The van der Waals surface area contributed by atoms with Gasteiger partial charge in [0.2, 0.25) is 5.91 Å². The Morgan fingerprint density at radius 1 is 1.21 bits per heavy atom. The lowest BCUT2D eigenvalue weighted by atomic mass is 9.72. The first-order valence-corrected chi connectivity index (χ1v) is 7.89. The van der Waals surface area contributed by atoms with Gasteiger partial charge in [-0.25, -0.2) is 4.39 Å². The summed E-state index contributed by atoms with van der Waals surface area (Å²) in [6.07, 6.45) is 4.04. The number of halogens is 1. The van der Waals surface area contributed by atoms with E-state index >= 15 is 0 Å². The van der Waals surface area contributed by atoms with Gasteiger partial charge in [-0.2, -0.15) is 0 Å². The van der Waals surface area contributed by atoms with Crippen LogP contribution in [0.4, 0.5) is 4.39 Å². The van der Waals surface area contributed by atoms with Crippen molar-refractivity contribution < 1.29 is 18.4 Å². The molecule has 2 N–H and O–H groups in total. The highest BCUT2D eigenvalue weighted by Gasteiger charge is 2.39. The molecule has 0 radical (unpaired) electrons. The van der Waals surface area contributed by atoms with E-state index in [1.165, 1.54) is 18.4 Å². The van der Waals surface area contributed by atoms with Crippen LogP contribution in [0.15, 0.2) is 41.0 Å². The lowest BCUT2D eigenvalue weighted by molar-refractivity contribution is -0.123. The zero-order valence-electron chi connectivity index (χ0n) is 13.4. The molecule has 0 atom stereocenters. The van der Waals surface area contributed by atoms with E-state index in [2.05, 4.69) is 10.6 Å². The molecule has 1 aromatic heterocycles. The minimum absolute atomic E-state index is 0.119. The summed E-state index contributed by atoms with van der Waals surface area (Å²) >= 11 is 0. The molecule has 24 heavy (non-hydrogen) atoms. The lowest BCUT2D eigenvalue weighted by Gasteiger charge is -2.43. The molecule has 1 aromatic carbocycles. The summed E-state index contributed by atoms with van der Waals surface area (Å²) in [4.78, 5) is 24.2. The van der Waals surface area contributed by atoms with Gasteiger partial charge in [0.25, 0.3) is 5.91 Å². The Morgan fingerprint density at radius 3 is 2.46 bits per heavy atom. The predicted octanol–water partition coefficient (Wildman–Crippen LogP) is 2.65. The summed E-state index contributed by atoms with van der Waals surface area (Å²) in [5, 5.41) is 5.57. The highest BCUT2D eigenvalue weighted by atomic mass is 19.1. The number of benzene rings is 1. The number of aryl methyl sites for hydroxylation is 1. The van der Waals surface area contributed by atoms with Gasteiger partial charge in [-0.15, -0.1) is 0 Å². The minimum Gasteiger partial charge on any atom is -0.469 e. The molecule has 0 aliphatic heterocycles. The first-order valence-electron chi connectivity index (χ1n) is 7.89. The number of nitrogens with one attached hydrogen (secondary N) is 2. The second-order valence-electron chi connectivity index (χ2n) is 6.06. The first kappa shape index (κ1) is 16.2. The molecule has 0 bridgehead atoms. The van der Waals surface area contributed by atoms with E-state index in [1.807, 2.05) is 0 Å². The fourth-order valence-electron chi connectivity index (χ4n) is 2.97. The molecule has 0 saturated heterocycles. The Labute approximate surface area is 139 Å². The highest BCUT2D eigenvalue weighted by Crippen LogP contribution is 2.41. The van der Waals surface area contributed by atoms with E-state index in [0.29, 0.717) is 11.3 Å². The molecule has 2 amide bonds. The van der Waals surface area contributed by atoms with Crippen LogP contribution in [0.2, 0.25) is 0 Å². The minimum atomic E-state index is -0.457. The van der Waals surface area contributed by atoms with Gasteiger partial charge in [-0.1, -0.05) is 12.1 Å². The van der Waals surface area contributed by atoms with Crippen molar-refractivity contribution in [3.63, 3.8) is 0 Å². The molecule has 1 fully saturated rings. The second kappa shape index (κ2) is 6.47. The molecule has 1 aliphatic carbocycles. The summed E-state index contributed by atoms with van der Waals surface area (Å²) in [5.74, 6) is -0.411. The molecule has 1 heterocycles. The van der Waals surface area contributed by atoms with Crippen molar-refractivity contribution in [2.45, 2.75) is 31.7 Å². The zero-order chi connectivity index (χ0) is 17.2. The summed E-state index contributed by atoms with van der Waals surface area (Å²) in [6.45, 7) is 1.57. The number of hydrogen-bond acceptors (Lipinski definition) is 3. The largest absolute Gasteiger partial charge is 0.469 e. The van der Waals surface area contributed by atoms with Gasteiger partial charge in [0.1, 0.15) is 11.6 Å². The number of hydrogen-bond donors (Lipinski definition) is 2. The molecule has 1 saturated carbocycles. The average molecular weight is 330 g/mol. The van der Waals surface area contributed by atoms with Crippen molar-refractivity contribution in [3.8, 4) is 0 Å². The van der Waals surface area contributed by atoms with Crippen LogP contribution in [-0.4, -0.2) is 18.4 Å². The van der Waals surface area contributed by atoms with Crippen LogP contribution < -0.4 is 10.6 Å². The van der Waals surface area contributed by atoms with Crippen molar-refractivity contribution in [2.75, 3.05) is 6.54 Å². The fourth-order valence-corrected chi connectivity index (χ4v) is 2.97. The summed E-state index contributed by atoms with van der Waals surface area (Å²) in [6, 6.07) is 7.74. The third-order valence-electron chi connectivity index (χ3n) is 4.50. The number of furan rings is 1. The van der Waals surface area contributed by atoms with Crippen LogP contribution >= 0.6 is 0 Å². The molecule has 0 spiro atoms. The topological polar surface area (TPSA) is 71.3 Å². The third-order valence-corrected chi connectivity index (χ3v) is 4.50. The molecule has 2 aromatic rings. The molecule has 126 valence electrons. The van der Waals surface area contributed by atoms with E-state index in [4.69, 9.17) is 4.42 Å². The summed E-state index contributed by atoms with van der Waals surface area (Å²) < 4.78 is 18.2. The Bertz CT molecular complexity index is 748. The first-order chi connectivity index (χ1) is 11.5. The SMILES string of the molecule is Cc1occc1C(=O)NCC(=O)NC1(c2ccc(F)cc2)CCC1. The average Bonchev–Trinajstić information content (AvgIpc) is 2.96. The van der Waals surface area contributed by atoms with Crippen molar-refractivity contribution >= 4 is 11.8 Å². The van der Waals surface area contributed by atoms with E-state index in [1.54, 1.807) is 25.1 Å².